The Hall–Kier alpha value is -4.67. The number of allylic oxidation sites excluding steroid dienone is 6. The molecule has 0 spiro atoms. The molecule has 3 nitrogen and oxygen atoms in total. The maximum atomic E-state index is 4.94. The predicted molar refractivity (Wildman–Crippen MR) is 173 cm³/mol. The van der Waals surface area contributed by atoms with Gasteiger partial charge in [-0.3, -0.25) is 0 Å². The molecule has 1 heterocycles. The van der Waals surface area contributed by atoms with Gasteiger partial charge in [0, 0.05) is 26.6 Å². The quantitative estimate of drug-likeness (QED) is 0.191. The molecule has 196 valence electrons. The second kappa shape index (κ2) is 10.4. The Morgan fingerprint density at radius 2 is 1.00 bits per heavy atom. The maximum absolute atomic E-state index is 4.94. The molecule has 4 heteroatoms. The van der Waals surface area contributed by atoms with Crippen molar-refractivity contribution in [2.45, 2.75) is 12.3 Å². The van der Waals surface area contributed by atoms with Gasteiger partial charge in [-0.2, -0.15) is 0 Å². The minimum atomic E-state index is -0.365. The van der Waals surface area contributed by atoms with Crippen molar-refractivity contribution in [3.63, 3.8) is 0 Å². The number of nitrogens with zero attached hydrogens (tertiary/aromatic N) is 3. The van der Waals surface area contributed by atoms with Crippen molar-refractivity contribution in [2.75, 3.05) is 0 Å². The second-order valence-corrected chi connectivity index (χ2v) is 11.2. The van der Waals surface area contributed by atoms with E-state index >= 15 is 0 Å². The summed E-state index contributed by atoms with van der Waals surface area (Å²) in [6.45, 7) is 2.27. The van der Waals surface area contributed by atoms with Gasteiger partial charge in [0.15, 0.2) is 17.5 Å². The number of rotatable bonds is 4. The Bertz CT molecular complexity index is 1900. The average molecular weight is 593 g/mol. The zero-order valence-electron chi connectivity index (χ0n) is 22.5. The summed E-state index contributed by atoms with van der Waals surface area (Å²) in [4.78, 5) is 14.7. The normalized spacial score (nSPS) is 16.6. The van der Waals surface area contributed by atoms with Crippen LogP contribution in [0.2, 0.25) is 0 Å². The monoisotopic (exact) mass is 591 g/mol. The van der Waals surface area contributed by atoms with E-state index in [1.165, 1.54) is 27.1 Å². The van der Waals surface area contributed by atoms with Crippen LogP contribution in [0.5, 0.6) is 0 Å². The van der Waals surface area contributed by atoms with Crippen LogP contribution in [0.3, 0.4) is 0 Å². The van der Waals surface area contributed by atoms with Crippen LogP contribution >= 0.6 is 15.9 Å². The Morgan fingerprint density at radius 1 is 0.537 bits per heavy atom. The zero-order chi connectivity index (χ0) is 27.8. The van der Waals surface area contributed by atoms with Crippen LogP contribution in [0, 0.1) is 0 Å². The Balaban J connectivity index is 1.38. The lowest BCUT2D eigenvalue weighted by molar-refractivity contribution is 0.775. The number of hydrogen-bond donors (Lipinski definition) is 0. The summed E-state index contributed by atoms with van der Waals surface area (Å²) in [6, 6.07) is 37.4. The third-order valence-corrected chi connectivity index (χ3v) is 8.54. The number of halogens is 1. The van der Waals surface area contributed by atoms with Gasteiger partial charge in [0.1, 0.15) is 0 Å². The molecule has 0 radical (unpaired) electrons. The highest BCUT2D eigenvalue weighted by molar-refractivity contribution is 9.10. The highest BCUT2D eigenvalue weighted by Gasteiger charge is 2.27. The summed E-state index contributed by atoms with van der Waals surface area (Å²) in [5.74, 6) is 1.96. The van der Waals surface area contributed by atoms with Crippen molar-refractivity contribution in [1.29, 1.82) is 0 Å². The fraction of sp³-hybridized carbons (Fsp3) is 0.0541. The largest absolute Gasteiger partial charge is 0.208 e. The van der Waals surface area contributed by atoms with Gasteiger partial charge in [0.2, 0.25) is 0 Å². The smallest absolute Gasteiger partial charge is 0.164 e. The van der Waals surface area contributed by atoms with Crippen molar-refractivity contribution in [2.24, 2.45) is 0 Å². The summed E-state index contributed by atoms with van der Waals surface area (Å²) in [5.41, 5.74) is 3.77. The summed E-state index contributed by atoms with van der Waals surface area (Å²) in [6.07, 6.45) is 10.9. The van der Waals surface area contributed by atoms with Crippen LogP contribution < -0.4 is 0 Å². The van der Waals surface area contributed by atoms with E-state index in [-0.39, 0.29) is 5.41 Å². The van der Waals surface area contributed by atoms with Crippen LogP contribution in [0.1, 0.15) is 18.3 Å². The molecule has 0 bridgehead atoms. The average Bonchev–Trinajstić information content (AvgIpc) is 3.24. The van der Waals surface area contributed by atoms with Gasteiger partial charge in [-0.15, -0.1) is 0 Å². The van der Waals surface area contributed by atoms with Crippen LogP contribution in [-0.2, 0) is 5.41 Å². The fourth-order valence-corrected chi connectivity index (χ4v) is 6.33. The molecule has 1 unspecified atom stereocenters. The van der Waals surface area contributed by atoms with Crippen LogP contribution in [0.4, 0.5) is 0 Å². The molecule has 0 amide bonds. The molecule has 0 N–H and O–H groups in total. The molecule has 1 atom stereocenters. The summed E-state index contributed by atoms with van der Waals surface area (Å²) >= 11 is 3.90. The van der Waals surface area contributed by atoms with E-state index in [0.29, 0.717) is 17.5 Å². The van der Waals surface area contributed by atoms with Crippen LogP contribution in [-0.4, -0.2) is 15.0 Å². The summed E-state index contributed by atoms with van der Waals surface area (Å²) < 4.78 is 1.13. The van der Waals surface area contributed by atoms with Crippen molar-refractivity contribution in [3.8, 4) is 22.8 Å². The molecule has 0 saturated carbocycles. The molecule has 0 aliphatic heterocycles. The SMILES string of the molecule is CC1(c2c3ccccc3c(Br)c3ccccc23)C=CC=C(c2nc(-c3ccccc3)nc(-c3ccccc3)n2)C=C1. The molecule has 6 aromatic rings. The van der Waals surface area contributed by atoms with E-state index < -0.39 is 0 Å². The van der Waals surface area contributed by atoms with Gasteiger partial charge in [-0.05, 0) is 50.0 Å². The number of fused-ring (bicyclic) bond motifs is 2. The molecular formula is C37H26BrN3. The molecule has 1 aromatic heterocycles. The maximum Gasteiger partial charge on any atom is 0.164 e. The molecule has 41 heavy (non-hydrogen) atoms. The Kier molecular flexibility index (Phi) is 6.41. The number of aromatic nitrogens is 3. The number of benzene rings is 5. The second-order valence-electron chi connectivity index (χ2n) is 10.4. The van der Waals surface area contributed by atoms with E-state index in [4.69, 9.17) is 15.0 Å². The first-order valence-corrected chi connectivity index (χ1v) is 14.5. The topological polar surface area (TPSA) is 38.7 Å². The van der Waals surface area contributed by atoms with E-state index in [0.717, 1.165) is 21.2 Å². The van der Waals surface area contributed by atoms with Gasteiger partial charge in [-0.25, -0.2) is 15.0 Å². The highest BCUT2D eigenvalue weighted by Crippen LogP contribution is 2.44. The van der Waals surface area contributed by atoms with Gasteiger partial charge >= 0.3 is 0 Å². The summed E-state index contributed by atoms with van der Waals surface area (Å²) in [5, 5.41) is 4.88. The molecule has 7 rings (SSSR count). The zero-order valence-corrected chi connectivity index (χ0v) is 24.1. The van der Waals surface area contributed by atoms with Gasteiger partial charge in [0.05, 0.1) is 0 Å². The van der Waals surface area contributed by atoms with Crippen molar-refractivity contribution < 1.29 is 0 Å². The van der Waals surface area contributed by atoms with Crippen LogP contribution in [0.25, 0.3) is 49.9 Å². The standard InChI is InChI=1S/C37H26BrN3/c1-37(32-28-18-8-10-20-30(28)33(38)31-21-11-9-19-29(31)32)23-12-17-27(22-24-37)36-40-34(25-13-4-2-5-14-25)39-35(41-36)26-15-6-3-7-16-26/h2-24H,1H3. The van der Waals surface area contributed by atoms with E-state index in [1.807, 2.05) is 60.7 Å². The Morgan fingerprint density at radius 3 is 1.54 bits per heavy atom. The van der Waals surface area contributed by atoms with Gasteiger partial charge in [0.25, 0.3) is 0 Å². The van der Waals surface area contributed by atoms with Gasteiger partial charge in [-0.1, -0.05) is 140 Å². The highest BCUT2D eigenvalue weighted by atomic mass is 79.9. The van der Waals surface area contributed by atoms with E-state index in [9.17, 15) is 0 Å². The lowest BCUT2D eigenvalue weighted by Gasteiger charge is -2.27. The first-order valence-electron chi connectivity index (χ1n) is 13.7. The lowest BCUT2D eigenvalue weighted by atomic mass is 9.77. The van der Waals surface area contributed by atoms with E-state index in [1.54, 1.807) is 0 Å². The first kappa shape index (κ1) is 25.3. The number of hydrogen-bond acceptors (Lipinski definition) is 3. The fourth-order valence-electron chi connectivity index (χ4n) is 5.63. The van der Waals surface area contributed by atoms with Crippen molar-refractivity contribution in [3.05, 3.63) is 155 Å². The minimum Gasteiger partial charge on any atom is -0.208 e. The predicted octanol–water partition coefficient (Wildman–Crippen LogP) is 9.74. The van der Waals surface area contributed by atoms with Crippen molar-refractivity contribution >= 4 is 43.0 Å². The molecule has 1 aliphatic rings. The minimum absolute atomic E-state index is 0.365. The molecule has 1 aliphatic carbocycles. The van der Waals surface area contributed by atoms with Gasteiger partial charge < -0.3 is 0 Å². The van der Waals surface area contributed by atoms with Crippen molar-refractivity contribution in [1.82, 2.24) is 15.0 Å². The molecule has 5 aromatic carbocycles. The van der Waals surface area contributed by atoms with Crippen LogP contribution in [0.15, 0.2) is 144 Å². The first-order chi connectivity index (χ1) is 20.1. The molecule has 0 fully saturated rings. The molecular weight excluding hydrogens is 566 g/mol. The molecule has 0 saturated heterocycles. The summed E-state index contributed by atoms with van der Waals surface area (Å²) in [7, 11) is 0. The Labute approximate surface area is 247 Å². The lowest BCUT2D eigenvalue weighted by Crippen LogP contribution is -2.17. The third kappa shape index (κ3) is 4.60. The van der Waals surface area contributed by atoms with E-state index in [2.05, 4.69) is 102 Å². The third-order valence-electron chi connectivity index (χ3n) is 7.69.